The fraction of sp³-hybridized carbons (Fsp3) is 0.320. The van der Waals surface area contributed by atoms with Crippen LogP contribution in [0.5, 0.6) is 11.5 Å². The summed E-state index contributed by atoms with van der Waals surface area (Å²) < 4.78 is 24.3. The molecule has 0 saturated carbocycles. The lowest BCUT2D eigenvalue weighted by Gasteiger charge is -2.27. The number of carbonyl (C=O) groups is 1. The van der Waals surface area contributed by atoms with Gasteiger partial charge in [-0.25, -0.2) is 9.79 Å². The molecular weight excluding hydrogens is 456 g/mol. The standard InChI is InChI=1S/C25H26N2O6S/c1-5-12-33-22-17(10-7-11-18(22)30-4)21-20(24(29)31-6-2)15(3)26-25-27(21)23(28)19(34-25)14-16-9-8-13-32-16/h7-11,13-14,21H,5-6,12H2,1-4H3. The number of nitrogens with zero attached hydrogens (tertiary/aromatic N) is 2. The molecule has 178 valence electrons. The highest BCUT2D eigenvalue weighted by atomic mass is 32.1. The maximum Gasteiger partial charge on any atom is 0.338 e. The molecule has 0 spiro atoms. The number of thiazole rings is 1. The second-order valence-corrected chi connectivity index (χ2v) is 8.55. The number of ether oxygens (including phenoxy) is 3. The highest BCUT2D eigenvalue weighted by Gasteiger charge is 2.36. The van der Waals surface area contributed by atoms with E-state index in [2.05, 4.69) is 4.99 Å². The number of hydrogen-bond donors (Lipinski definition) is 0. The lowest BCUT2D eigenvalue weighted by Crippen LogP contribution is -2.40. The van der Waals surface area contributed by atoms with Crippen LogP contribution in [0.25, 0.3) is 6.08 Å². The number of allylic oxidation sites excluding steroid dienone is 1. The fourth-order valence-electron chi connectivity index (χ4n) is 3.86. The summed E-state index contributed by atoms with van der Waals surface area (Å²) in [5.74, 6) is 1.02. The minimum absolute atomic E-state index is 0.197. The predicted octanol–water partition coefficient (Wildman–Crippen LogP) is 3.19. The summed E-state index contributed by atoms with van der Waals surface area (Å²) in [4.78, 5) is 31.8. The van der Waals surface area contributed by atoms with E-state index in [9.17, 15) is 9.59 Å². The van der Waals surface area contributed by atoms with E-state index in [1.165, 1.54) is 15.9 Å². The Morgan fingerprint density at radius 2 is 2.09 bits per heavy atom. The molecule has 34 heavy (non-hydrogen) atoms. The van der Waals surface area contributed by atoms with Crippen molar-refractivity contribution in [1.29, 1.82) is 0 Å². The Kier molecular flexibility index (Phi) is 7.02. The molecule has 2 aromatic heterocycles. The molecule has 0 saturated heterocycles. The summed E-state index contributed by atoms with van der Waals surface area (Å²) in [6, 6.07) is 8.15. The van der Waals surface area contributed by atoms with Crippen molar-refractivity contribution in [1.82, 2.24) is 4.57 Å². The van der Waals surface area contributed by atoms with Gasteiger partial charge in [-0.2, -0.15) is 0 Å². The summed E-state index contributed by atoms with van der Waals surface area (Å²) in [5.41, 5.74) is 1.10. The largest absolute Gasteiger partial charge is 0.493 e. The molecule has 1 unspecified atom stereocenters. The first-order valence-electron chi connectivity index (χ1n) is 11.0. The zero-order chi connectivity index (χ0) is 24.2. The van der Waals surface area contributed by atoms with Crippen LogP contribution in [0, 0.1) is 0 Å². The van der Waals surface area contributed by atoms with Crippen LogP contribution < -0.4 is 24.4 Å². The lowest BCUT2D eigenvalue weighted by atomic mass is 9.94. The van der Waals surface area contributed by atoms with Crippen LogP contribution in [-0.2, 0) is 9.53 Å². The van der Waals surface area contributed by atoms with Crippen LogP contribution in [0.2, 0.25) is 0 Å². The molecule has 1 aromatic carbocycles. The predicted molar refractivity (Wildman–Crippen MR) is 128 cm³/mol. The normalized spacial score (nSPS) is 15.6. The maximum absolute atomic E-state index is 13.6. The number of hydrogen-bond acceptors (Lipinski definition) is 8. The van der Waals surface area contributed by atoms with Crippen molar-refractivity contribution >= 4 is 23.4 Å². The summed E-state index contributed by atoms with van der Waals surface area (Å²) in [6.45, 7) is 6.13. The highest BCUT2D eigenvalue weighted by molar-refractivity contribution is 7.07. The summed E-state index contributed by atoms with van der Waals surface area (Å²) >= 11 is 1.23. The number of aromatic nitrogens is 1. The van der Waals surface area contributed by atoms with Gasteiger partial charge in [0.15, 0.2) is 16.3 Å². The van der Waals surface area contributed by atoms with Gasteiger partial charge in [-0.1, -0.05) is 30.4 Å². The quantitative estimate of drug-likeness (QED) is 0.458. The number of carbonyl (C=O) groups excluding carboxylic acids is 1. The SMILES string of the molecule is CCCOc1c(OC)cccc1C1C(C(=O)OCC)=C(C)N=c2sc(=Cc3ccco3)c(=O)n21. The van der Waals surface area contributed by atoms with Crippen molar-refractivity contribution in [2.45, 2.75) is 33.2 Å². The molecule has 0 amide bonds. The van der Waals surface area contributed by atoms with E-state index in [1.54, 1.807) is 51.5 Å². The molecule has 1 atom stereocenters. The Hall–Kier alpha value is -3.59. The number of rotatable bonds is 8. The minimum atomic E-state index is -0.795. The van der Waals surface area contributed by atoms with E-state index in [-0.39, 0.29) is 17.7 Å². The van der Waals surface area contributed by atoms with Gasteiger partial charge in [-0.15, -0.1) is 0 Å². The molecule has 3 aromatic rings. The van der Waals surface area contributed by atoms with Crippen LogP contribution in [0.3, 0.4) is 0 Å². The van der Waals surface area contributed by atoms with Crippen molar-refractivity contribution in [3.63, 3.8) is 0 Å². The molecule has 3 heterocycles. The van der Waals surface area contributed by atoms with Crippen LogP contribution >= 0.6 is 11.3 Å². The fourth-order valence-corrected chi connectivity index (χ4v) is 4.88. The average Bonchev–Trinajstić information content (AvgIpc) is 3.44. The molecule has 0 fully saturated rings. The number of fused-ring (bicyclic) bond motifs is 1. The Morgan fingerprint density at radius 1 is 1.26 bits per heavy atom. The first-order valence-corrected chi connectivity index (χ1v) is 11.8. The number of para-hydroxylation sites is 1. The smallest absolute Gasteiger partial charge is 0.338 e. The molecule has 0 aliphatic carbocycles. The van der Waals surface area contributed by atoms with E-state index in [0.29, 0.717) is 44.5 Å². The topological polar surface area (TPSA) is 92.3 Å². The third-order valence-electron chi connectivity index (χ3n) is 5.31. The van der Waals surface area contributed by atoms with Crippen molar-refractivity contribution < 1.29 is 23.4 Å². The maximum atomic E-state index is 13.6. The van der Waals surface area contributed by atoms with Gasteiger partial charge >= 0.3 is 5.97 Å². The van der Waals surface area contributed by atoms with Gasteiger partial charge in [0, 0.05) is 11.6 Å². The first-order chi connectivity index (χ1) is 16.5. The van der Waals surface area contributed by atoms with Crippen LogP contribution in [0.15, 0.2) is 62.1 Å². The molecule has 1 aliphatic rings. The summed E-state index contributed by atoms with van der Waals surface area (Å²) in [5, 5.41) is 0. The van der Waals surface area contributed by atoms with Crippen LogP contribution in [0.4, 0.5) is 0 Å². The molecule has 0 bridgehead atoms. The van der Waals surface area contributed by atoms with E-state index in [4.69, 9.17) is 18.6 Å². The number of furan rings is 1. The molecule has 4 rings (SSSR count). The molecule has 8 nitrogen and oxygen atoms in total. The Balaban J connectivity index is 2.01. The van der Waals surface area contributed by atoms with E-state index >= 15 is 0 Å². The Bertz CT molecular complexity index is 1400. The van der Waals surface area contributed by atoms with Crippen molar-refractivity contribution in [3.05, 3.63) is 78.9 Å². The van der Waals surface area contributed by atoms with Gasteiger partial charge in [-0.3, -0.25) is 9.36 Å². The molecular formula is C25H26N2O6S. The van der Waals surface area contributed by atoms with Gasteiger partial charge in [0.1, 0.15) is 11.8 Å². The molecule has 0 radical (unpaired) electrons. The first kappa shape index (κ1) is 23.6. The third kappa shape index (κ3) is 4.31. The van der Waals surface area contributed by atoms with Gasteiger partial charge in [0.05, 0.1) is 42.4 Å². The van der Waals surface area contributed by atoms with Crippen LogP contribution in [0.1, 0.15) is 44.6 Å². The van der Waals surface area contributed by atoms with E-state index in [1.807, 2.05) is 19.1 Å². The van der Waals surface area contributed by atoms with Gasteiger partial charge in [-0.05, 0) is 38.5 Å². The molecule has 0 N–H and O–H groups in total. The van der Waals surface area contributed by atoms with E-state index < -0.39 is 12.0 Å². The van der Waals surface area contributed by atoms with Gasteiger partial charge in [0.25, 0.3) is 5.56 Å². The second kappa shape index (κ2) is 10.1. The van der Waals surface area contributed by atoms with E-state index in [0.717, 1.165) is 6.42 Å². The number of methoxy groups -OCH3 is 1. The zero-order valence-corrected chi connectivity index (χ0v) is 20.3. The minimum Gasteiger partial charge on any atom is -0.493 e. The third-order valence-corrected chi connectivity index (χ3v) is 6.29. The lowest BCUT2D eigenvalue weighted by molar-refractivity contribution is -0.139. The highest BCUT2D eigenvalue weighted by Crippen LogP contribution is 2.40. The second-order valence-electron chi connectivity index (χ2n) is 7.54. The summed E-state index contributed by atoms with van der Waals surface area (Å²) in [7, 11) is 1.56. The number of esters is 1. The average molecular weight is 483 g/mol. The van der Waals surface area contributed by atoms with Crippen molar-refractivity contribution in [2.24, 2.45) is 4.99 Å². The Labute approximate surface area is 200 Å². The number of benzene rings is 1. The Morgan fingerprint density at radius 3 is 2.76 bits per heavy atom. The molecule has 9 heteroatoms. The van der Waals surface area contributed by atoms with Crippen LogP contribution in [-0.4, -0.2) is 30.9 Å². The summed E-state index contributed by atoms with van der Waals surface area (Å²) in [6.07, 6.45) is 4.00. The molecule has 1 aliphatic heterocycles. The zero-order valence-electron chi connectivity index (χ0n) is 19.5. The monoisotopic (exact) mass is 482 g/mol. The van der Waals surface area contributed by atoms with Gasteiger partial charge < -0.3 is 18.6 Å². The van der Waals surface area contributed by atoms with Crippen molar-refractivity contribution in [3.8, 4) is 11.5 Å². The van der Waals surface area contributed by atoms with Gasteiger partial charge in [0.2, 0.25) is 0 Å². The van der Waals surface area contributed by atoms with Crippen molar-refractivity contribution in [2.75, 3.05) is 20.3 Å².